The van der Waals surface area contributed by atoms with Crippen LogP contribution in [0.3, 0.4) is 0 Å². The number of amides is 1. The number of rotatable bonds is 7. The fourth-order valence-electron chi connectivity index (χ4n) is 3.74. The summed E-state index contributed by atoms with van der Waals surface area (Å²) in [6.07, 6.45) is 4.14. The van der Waals surface area contributed by atoms with Gasteiger partial charge in [-0.1, -0.05) is 6.07 Å². The average Bonchev–Trinajstić information content (AvgIpc) is 3.45. The van der Waals surface area contributed by atoms with E-state index in [9.17, 15) is 4.79 Å². The van der Waals surface area contributed by atoms with Crippen molar-refractivity contribution in [1.82, 2.24) is 20.0 Å². The lowest BCUT2D eigenvalue weighted by atomic mass is 9.98. The van der Waals surface area contributed by atoms with Crippen molar-refractivity contribution in [2.24, 2.45) is 5.92 Å². The summed E-state index contributed by atoms with van der Waals surface area (Å²) in [6.45, 7) is 3.86. The van der Waals surface area contributed by atoms with Crippen LogP contribution in [0.25, 0.3) is 5.69 Å². The number of piperidine rings is 1. The zero-order valence-electron chi connectivity index (χ0n) is 16.6. The highest BCUT2D eigenvalue weighted by atomic mass is 32.1. The van der Waals surface area contributed by atoms with Crippen LogP contribution in [-0.4, -0.2) is 47.3 Å². The molecule has 0 spiro atoms. The molecule has 1 amide bonds. The summed E-state index contributed by atoms with van der Waals surface area (Å²) in [7, 11) is 1.64. The second-order valence-corrected chi connectivity index (χ2v) is 8.41. The molecule has 1 aromatic carbocycles. The first-order chi connectivity index (χ1) is 14.2. The topological polar surface area (TPSA) is 59.4 Å². The first-order valence-corrected chi connectivity index (χ1v) is 10.8. The van der Waals surface area contributed by atoms with Gasteiger partial charge in [0.15, 0.2) is 5.69 Å². The number of ether oxygens (including phenoxy) is 1. The van der Waals surface area contributed by atoms with E-state index < -0.39 is 0 Å². The third kappa shape index (κ3) is 5.05. The lowest BCUT2D eigenvalue weighted by Gasteiger charge is -2.32. The van der Waals surface area contributed by atoms with Crippen LogP contribution in [0.5, 0.6) is 5.75 Å². The highest BCUT2D eigenvalue weighted by Crippen LogP contribution is 2.20. The van der Waals surface area contributed by atoms with Crippen LogP contribution in [0.1, 0.15) is 28.2 Å². The van der Waals surface area contributed by atoms with Crippen LogP contribution in [0.4, 0.5) is 0 Å². The number of thiophene rings is 1. The second kappa shape index (κ2) is 9.24. The molecule has 3 heterocycles. The van der Waals surface area contributed by atoms with Crippen molar-refractivity contribution >= 4 is 17.2 Å². The highest BCUT2D eigenvalue weighted by molar-refractivity contribution is 7.09. The van der Waals surface area contributed by atoms with Gasteiger partial charge in [0.05, 0.1) is 12.8 Å². The summed E-state index contributed by atoms with van der Waals surface area (Å²) in [5.41, 5.74) is 1.33. The van der Waals surface area contributed by atoms with E-state index in [4.69, 9.17) is 4.74 Å². The van der Waals surface area contributed by atoms with E-state index in [-0.39, 0.29) is 5.91 Å². The fourth-order valence-corrected chi connectivity index (χ4v) is 4.48. The molecule has 1 N–H and O–H groups in total. The van der Waals surface area contributed by atoms with Gasteiger partial charge in [-0.25, -0.2) is 4.68 Å². The van der Waals surface area contributed by atoms with Crippen LogP contribution in [0, 0.1) is 5.92 Å². The first kappa shape index (κ1) is 19.7. The van der Waals surface area contributed by atoms with Gasteiger partial charge in [0.1, 0.15) is 5.75 Å². The standard InChI is InChI=1S/C22H26N4O2S/c1-28-19-8-6-18(7-9-19)26-12-10-21(24-26)22(27)23-14-17-4-2-11-25(15-17)16-20-5-3-13-29-20/h3,5-10,12-13,17H,2,4,11,14-16H2,1H3,(H,23,27). The van der Waals surface area contributed by atoms with E-state index in [0.717, 1.165) is 37.5 Å². The van der Waals surface area contributed by atoms with Gasteiger partial charge in [-0.2, -0.15) is 5.10 Å². The second-order valence-electron chi connectivity index (χ2n) is 7.38. The Labute approximate surface area is 175 Å². The van der Waals surface area contributed by atoms with Gasteiger partial charge in [0.25, 0.3) is 5.91 Å². The van der Waals surface area contributed by atoms with Gasteiger partial charge in [-0.15, -0.1) is 11.3 Å². The number of hydrogen-bond acceptors (Lipinski definition) is 5. The number of hydrogen-bond donors (Lipinski definition) is 1. The minimum Gasteiger partial charge on any atom is -0.497 e. The number of aromatic nitrogens is 2. The molecule has 7 heteroatoms. The van der Waals surface area contributed by atoms with E-state index in [1.807, 2.05) is 24.3 Å². The molecular formula is C22H26N4O2S. The van der Waals surface area contributed by atoms with Crippen molar-refractivity contribution in [3.63, 3.8) is 0 Å². The zero-order valence-corrected chi connectivity index (χ0v) is 17.4. The molecule has 152 valence electrons. The smallest absolute Gasteiger partial charge is 0.271 e. The average molecular weight is 411 g/mol. The molecule has 29 heavy (non-hydrogen) atoms. The number of nitrogens with zero attached hydrogens (tertiary/aromatic N) is 3. The van der Waals surface area contributed by atoms with Crippen molar-refractivity contribution in [3.8, 4) is 11.4 Å². The van der Waals surface area contributed by atoms with Gasteiger partial charge in [0, 0.05) is 30.7 Å². The quantitative estimate of drug-likeness (QED) is 0.647. The van der Waals surface area contributed by atoms with Crippen molar-refractivity contribution in [1.29, 1.82) is 0 Å². The molecule has 1 saturated heterocycles. The van der Waals surface area contributed by atoms with E-state index in [2.05, 4.69) is 32.8 Å². The lowest BCUT2D eigenvalue weighted by Crippen LogP contribution is -2.40. The summed E-state index contributed by atoms with van der Waals surface area (Å²) in [6, 6.07) is 13.6. The Bertz CT molecular complexity index is 921. The number of methoxy groups -OCH3 is 1. The van der Waals surface area contributed by atoms with Crippen molar-refractivity contribution in [3.05, 3.63) is 64.6 Å². The maximum absolute atomic E-state index is 12.6. The Morgan fingerprint density at radius 2 is 2.14 bits per heavy atom. The SMILES string of the molecule is COc1ccc(-n2ccc(C(=O)NCC3CCCN(Cc4cccs4)C3)n2)cc1. The molecule has 1 fully saturated rings. The molecule has 0 saturated carbocycles. The largest absolute Gasteiger partial charge is 0.497 e. The van der Waals surface area contributed by atoms with Gasteiger partial charge in [-0.05, 0) is 67.1 Å². The lowest BCUT2D eigenvalue weighted by molar-refractivity contribution is 0.0925. The van der Waals surface area contributed by atoms with Crippen molar-refractivity contribution < 1.29 is 9.53 Å². The van der Waals surface area contributed by atoms with Crippen molar-refractivity contribution in [2.75, 3.05) is 26.7 Å². The maximum atomic E-state index is 12.6. The summed E-state index contributed by atoms with van der Waals surface area (Å²) in [5, 5.41) is 9.62. The van der Waals surface area contributed by atoms with E-state index >= 15 is 0 Å². The van der Waals surface area contributed by atoms with E-state index in [1.165, 1.54) is 11.3 Å². The minimum atomic E-state index is -0.118. The molecule has 0 bridgehead atoms. The fraction of sp³-hybridized carbons (Fsp3) is 0.364. The Balaban J connectivity index is 1.29. The third-order valence-electron chi connectivity index (χ3n) is 5.27. The number of carbonyl (C=O) groups is 1. The molecular weight excluding hydrogens is 384 g/mol. The summed E-state index contributed by atoms with van der Waals surface area (Å²) in [5.74, 6) is 1.16. The van der Waals surface area contributed by atoms with Crippen LogP contribution >= 0.6 is 11.3 Å². The molecule has 0 radical (unpaired) electrons. The zero-order chi connectivity index (χ0) is 20.1. The predicted octanol–water partition coefficient (Wildman–Crippen LogP) is 3.58. The molecule has 6 nitrogen and oxygen atoms in total. The summed E-state index contributed by atoms with van der Waals surface area (Å²) in [4.78, 5) is 16.4. The van der Waals surface area contributed by atoms with Crippen LogP contribution in [0.2, 0.25) is 0 Å². The molecule has 1 atom stereocenters. The van der Waals surface area contributed by atoms with E-state index in [0.29, 0.717) is 18.2 Å². The summed E-state index contributed by atoms with van der Waals surface area (Å²) >= 11 is 1.81. The Morgan fingerprint density at radius 1 is 1.28 bits per heavy atom. The number of benzene rings is 1. The Kier molecular flexibility index (Phi) is 6.27. The molecule has 0 aliphatic carbocycles. The molecule has 1 aliphatic rings. The normalized spacial score (nSPS) is 17.2. The van der Waals surface area contributed by atoms with Crippen LogP contribution in [0.15, 0.2) is 54.0 Å². The molecule has 3 aromatic rings. The predicted molar refractivity (Wildman–Crippen MR) is 115 cm³/mol. The molecule has 2 aromatic heterocycles. The molecule has 1 aliphatic heterocycles. The maximum Gasteiger partial charge on any atom is 0.271 e. The first-order valence-electron chi connectivity index (χ1n) is 9.94. The summed E-state index contributed by atoms with van der Waals surface area (Å²) < 4.78 is 6.88. The van der Waals surface area contributed by atoms with E-state index in [1.54, 1.807) is 35.4 Å². The van der Waals surface area contributed by atoms with Crippen LogP contribution < -0.4 is 10.1 Å². The number of nitrogens with one attached hydrogen (secondary N) is 1. The van der Waals surface area contributed by atoms with Gasteiger partial charge in [0.2, 0.25) is 0 Å². The Hall–Kier alpha value is -2.64. The van der Waals surface area contributed by atoms with Gasteiger partial charge >= 0.3 is 0 Å². The van der Waals surface area contributed by atoms with Gasteiger partial charge in [-0.3, -0.25) is 9.69 Å². The number of carbonyl (C=O) groups excluding carboxylic acids is 1. The van der Waals surface area contributed by atoms with Gasteiger partial charge < -0.3 is 10.1 Å². The third-order valence-corrected chi connectivity index (χ3v) is 6.13. The van der Waals surface area contributed by atoms with Crippen molar-refractivity contribution in [2.45, 2.75) is 19.4 Å². The highest BCUT2D eigenvalue weighted by Gasteiger charge is 2.21. The monoisotopic (exact) mass is 410 g/mol. The molecule has 1 unspecified atom stereocenters. The number of likely N-dealkylation sites (tertiary alicyclic amines) is 1. The molecule has 4 rings (SSSR count). The van der Waals surface area contributed by atoms with Crippen LogP contribution in [-0.2, 0) is 6.54 Å². The minimum absolute atomic E-state index is 0.118. The Morgan fingerprint density at radius 3 is 2.90 bits per heavy atom.